The van der Waals surface area contributed by atoms with Gasteiger partial charge >= 0.3 is 0 Å². The number of benzene rings is 1. The van der Waals surface area contributed by atoms with Crippen molar-refractivity contribution < 1.29 is 8.42 Å². The van der Waals surface area contributed by atoms with Gasteiger partial charge in [0.1, 0.15) is 0 Å². The molecule has 1 heterocycles. The third-order valence-electron chi connectivity index (χ3n) is 5.68. The first-order chi connectivity index (χ1) is 12.9. The number of likely N-dealkylation sites (tertiary alicyclic amines) is 1. The maximum Gasteiger partial charge on any atom is 0.216 e. The van der Waals surface area contributed by atoms with Crippen molar-refractivity contribution in [2.24, 2.45) is 10.4 Å². The summed E-state index contributed by atoms with van der Waals surface area (Å²) in [5.41, 5.74) is 2.14. The predicted molar refractivity (Wildman–Crippen MR) is 117 cm³/mol. The molecular formula is C21H36N4O2S. The number of sulfonamides is 1. The molecule has 1 aliphatic heterocycles. The third kappa shape index (κ3) is 5.26. The lowest BCUT2D eigenvalue weighted by Crippen LogP contribution is -2.72. The average molecular weight is 409 g/mol. The van der Waals surface area contributed by atoms with Crippen molar-refractivity contribution in [2.45, 2.75) is 72.3 Å². The molecule has 1 aliphatic rings. The summed E-state index contributed by atoms with van der Waals surface area (Å²) in [4.78, 5) is 7.14. The Balaban J connectivity index is 2.06. The number of nitrogens with zero attached hydrogens (tertiary/aromatic N) is 2. The topological polar surface area (TPSA) is 73.8 Å². The van der Waals surface area contributed by atoms with E-state index in [2.05, 4.69) is 49.6 Å². The molecule has 158 valence electrons. The van der Waals surface area contributed by atoms with Crippen molar-refractivity contribution in [2.75, 3.05) is 13.1 Å². The van der Waals surface area contributed by atoms with Gasteiger partial charge in [-0.1, -0.05) is 38.1 Å². The van der Waals surface area contributed by atoms with Crippen LogP contribution in [0.15, 0.2) is 29.3 Å². The van der Waals surface area contributed by atoms with Crippen molar-refractivity contribution >= 4 is 16.0 Å². The summed E-state index contributed by atoms with van der Waals surface area (Å²) in [7, 11) is -3.31. The second kappa shape index (κ2) is 8.41. The zero-order chi connectivity index (χ0) is 21.2. The second-order valence-electron chi connectivity index (χ2n) is 9.05. The summed E-state index contributed by atoms with van der Waals surface area (Å²) in [5.74, 6) is 0.925. The fraction of sp³-hybridized carbons (Fsp3) is 0.667. The summed E-state index contributed by atoms with van der Waals surface area (Å²) >= 11 is 0. The maximum atomic E-state index is 12.1. The van der Waals surface area contributed by atoms with Crippen LogP contribution >= 0.6 is 0 Å². The molecule has 1 fully saturated rings. The minimum Gasteiger partial charge on any atom is -0.356 e. The molecule has 6 nitrogen and oxygen atoms in total. The van der Waals surface area contributed by atoms with Gasteiger partial charge in [0, 0.05) is 30.1 Å². The highest BCUT2D eigenvalue weighted by atomic mass is 32.2. The number of guanidine groups is 1. The van der Waals surface area contributed by atoms with Crippen molar-refractivity contribution in [3.05, 3.63) is 35.4 Å². The summed E-state index contributed by atoms with van der Waals surface area (Å²) < 4.78 is 26.7. The Labute approximate surface area is 170 Å². The van der Waals surface area contributed by atoms with Crippen molar-refractivity contribution in [3.8, 4) is 0 Å². The number of aliphatic imine (C=N–C) groups is 1. The Hall–Kier alpha value is -1.60. The van der Waals surface area contributed by atoms with Crippen LogP contribution in [-0.4, -0.2) is 43.9 Å². The first-order valence-electron chi connectivity index (χ1n) is 10.0. The maximum absolute atomic E-state index is 12.1. The molecule has 1 aromatic rings. The van der Waals surface area contributed by atoms with E-state index in [4.69, 9.17) is 4.99 Å². The first kappa shape index (κ1) is 22.7. The smallest absolute Gasteiger partial charge is 0.216 e. The molecule has 1 aromatic carbocycles. The molecule has 2 rings (SSSR count). The zero-order valence-corrected chi connectivity index (χ0v) is 19.2. The molecule has 0 radical (unpaired) electrons. The number of nitrogens with one attached hydrogen (secondary N) is 2. The lowest BCUT2D eigenvalue weighted by molar-refractivity contribution is -0.0667. The van der Waals surface area contributed by atoms with Gasteiger partial charge in [-0.3, -0.25) is 0 Å². The Kier molecular flexibility index (Phi) is 6.82. The molecule has 0 spiro atoms. The summed E-state index contributed by atoms with van der Waals surface area (Å²) in [6.07, 6.45) is 0. The minimum absolute atomic E-state index is 0.00554. The van der Waals surface area contributed by atoms with Crippen LogP contribution in [0.5, 0.6) is 0 Å². The van der Waals surface area contributed by atoms with E-state index in [0.29, 0.717) is 6.54 Å². The van der Waals surface area contributed by atoms with Gasteiger partial charge in [-0.25, -0.2) is 18.1 Å². The van der Waals surface area contributed by atoms with Crippen LogP contribution < -0.4 is 10.0 Å². The van der Waals surface area contributed by atoms with Gasteiger partial charge in [-0.15, -0.1) is 0 Å². The van der Waals surface area contributed by atoms with E-state index < -0.39 is 10.0 Å². The molecule has 1 saturated heterocycles. The standard InChI is InChI=1S/C21H36N4O2S/c1-8-22-19(25-15-20(4,5)21(25,6)7)23-13-17-9-11-18(12-10-17)14-28(26,27)24-16(2)3/h9-12,16,24H,8,13-15H2,1-7H3,(H,22,23). The summed E-state index contributed by atoms with van der Waals surface area (Å²) in [6, 6.07) is 7.55. The van der Waals surface area contributed by atoms with E-state index in [1.807, 2.05) is 38.1 Å². The van der Waals surface area contributed by atoms with E-state index in [0.717, 1.165) is 30.2 Å². The average Bonchev–Trinajstić information content (AvgIpc) is 2.56. The molecule has 0 aliphatic carbocycles. The molecule has 0 amide bonds. The van der Waals surface area contributed by atoms with Crippen LogP contribution in [0.3, 0.4) is 0 Å². The van der Waals surface area contributed by atoms with Crippen molar-refractivity contribution in [3.63, 3.8) is 0 Å². The van der Waals surface area contributed by atoms with Gasteiger partial charge in [-0.05, 0) is 45.7 Å². The third-order valence-corrected chi connectivity index (χ3v) is 7.23. The van der Waals surface area contributed by atoms with Crippen LogP contribution in [0, 0.1) is 5.41 Å². The van der Waals surface area contributed by atoms with E-state index in [1.54, 1.807) is 0 Å². The molecule has 0 aromatic heterocycles. The lowest BCUT2D eigenvalue weighted by atomic mass is 9.65. The van der Waals surface area contributed by atoms with Gasteiger partial charge in [0.2, 0.25) is 10.0 Å². The molecule has 28 heavy (non-hydrogen) atoms. The fourth-order valence-electron chi connectivity index (χ4n) is 3.32. The summed E-state index contributed by atoms with van der Waals surface area (Å²) in [6.45, 7) is 17.2. The quantitative estimate of drug-likeness (QED) is 0.537. The monoisotopic (exact) mass is 408 g/mol. The van der Waals surface area contributed by atoms with Crippen LogP contribution in [-0.2, 0) is 22.3 Å². The second-order valence-corrected chi connectivity index (χ2v) is 10.8. The Bertz CT molecular complexity index is 796. The van der Waals surface area contributed by atoms with Gasteiger partial charge in [0.25, 0.3) is 0 Å². The normalized spacial score (nSPS) is 18.9. The Morgan fingerprint density at radius 2 is 1.71 bits per heavy atom. The number of hydrogen-bond acceptors (Lipinski definition) is 3. The van der Waals surface area contributed by atoms with E-state index in [-0.39, 0.29) is 22.7 Å². The van der Waals surface area contributed by atoms with Crippen LogP contribution in [0.4, 0.5) is 0 Å². The van der Waals surface area contributed by atoms with E-state index >= 15 is 0 Å². The molecule has 7 heteroatoms. The van der Waals surface area contributed by atoms with Gasteiger partial charge in [-0.2, -0.15) is 0 Å². The number of hydrogen-bond donors (Lipinski definition) is 2. The van der Waals surface area contributed by atoms with Crippen LogP contribution in [0.2, 0.25) is 0 Å². The molecule has 2 N–H and O–H groups in total. The van der Waals surface area contributed by atoms with E-state index in [9.17, 15) is 8.42 Å². The van der Waals surface area contributed by atoms with Gasteiger partial charge in [0.05, 0.1) is 12.3 Å². The van der Waals surface area contributed by atoms with Crippen molar-refractivity contribution in [1.82, 2.24) is 14.9 Å². The summed E-state index contributed by atoms with van der Waals surface area (Å²) in [5, 5.41) is 3.40. The lowest BCUT2D eigenvalue weighted by Gasteiger charge is -2.62. The molecular weight excluding hydrogens is 372 g/mol. The van der Waals surface area contributed by atoms with E-state index in [1.165, 1.54) is 0 Å². The number of rotatable bonds is 7. The van der Waals surface area contributed by atoms with Crippen LogP contribution in [0.1, 0.15) is 59.6 Å². The minimum atomic E-state index is -3.31. The largest absolute Gasteiger partial charge is 0.356 e. The molecule has 0 unspecified atom stereocenters. The highest BCUT2D eigenvalue weighted by molar-refractivity contribution is 7.88. The van der Waals surface area contributed by atoms with Crippen LogP contribution in [0.25, 0.3) is 0 Å². The van der Waals surface area contributed by atoms with Gasteiger partial charge < -0.3 is 10.2 Å². The molecule has 0 atom stereocenters. The van der Waals surface area contributed by atoms with Crippen molar-refractivity contribution in [1.29, 1.82) is 0 Å². The first-order valence-corrected chi connectivity index (χ1v) is 11.7. The highest BCUT2D eigenvalue weighted by Crippen LogP contribution is 2.46. The predicted octanol–water partition coefficient (Wildman–Crippen LogP) is 3.10. The Morgan fingerprint density at radius 3 is 2.18 bits per heavy atom. The molecule has 0 saturated carbocycles. The van der Waals surface area contributed by atoms with Gasteiger partial charge in [0.15, 0.2) is 5.96 Å². The highest BCUT2D eigenvalue weighted by Gasteiger charge is 2.53. The zero-order valence-electron chi connectivity index (χ0n) is 18.3. The molecule has 0 bridgehead atoms. The fourth-order valence-corrected chi connectivity index (χ4v) is 4.76. The Morgan fingerprint density at radius 1 is 1.14 bits per heavy atom. The SMILES string of the molecule is CCNC(=NCc1ccc(CS(=O)(=O)NC(C)C)cc1)N1CC(C)(C)C1(C)C.